The average molecular weight is 208 g/mol. The monoisotopic (exact) mass is 208 g/mol. The van der Waals surface area contributed by atoms with Gasteiger partial charge in [-0.25, -0.2) is 0 Å². The minimum absolute atomic E-state index is 0.0281. The number of rotatable bonds is 4. The molecule has 2 unspecified atom stereocenters. The highest BCUT2D eigenvalue weighted by atomic mass is 16.5. The van der Waals surface area contributed by atoms with Gasteiger partial charge in [-0.3, -0.25) is 15.1 Å². The minimum Gasteiger partial charge on any atom is -0.468 e. The normalized spacial score (nSPS) is 14.3. The Morgan fingerprint density at radius 1 is 1.47 bits per heavy atom. The second-order valence-corrected chi connectivity index (χ2v) is 3.39. The maximum absolute atomic E-state index is 11.2. The largest absolute Gasteiger partial charge is 0.468 e. The smallest absolute Gasteiger partial charge is 0.322 e. The van der Waals surface area contributed by atoms with Crippen LogP contribution in [0.5, 0.6) is 0 Å². The summed E-state index contributed by atoms with van der Waals surface area (Å²) in [5.41, 5.74) is 0.910. The lowest BCUT2D eigenvalue weighted by atomic mass is 10.2. The summed E-state index contributed by atoms with van der Waals surface area (Å²) in [6, 6.07) is 5.40. The Kier molecular flexibility index (Phi) is 4.24. The fraction of sp³-hybridized carbons (Fsp3) is 0.455. The van der Waals surface area contributed by atoms with E-state index in [0.717, 1.165) is 5.69 Å². The van der Waals surface area contributed by atoms with Gasteiger partial charge < -0.3 is 4.74 Å². The molecule has 0 aromatic carbocycles. The van der Waals surface area contributed by atoms with Crippen molar-refractivity contribution in [3.8, 4) is 0 Å². The Morgan fingerprint density at radius 2 is 2.20 bits per heavy atom. The molecule has 0 aliphatic heterocycles. The van der Waals surface area contributed by atoms with Gasteiger partial charge in [-0.15, -0.1) is 0 Å². The number of carbonyl (C=O) groups excluding carboxylic acids is 1. The Labute approximate surface area is 89.7 Å². The maximum atomic E-state index is 11.2. The van der Waals surface area contributed by atoms with Crippen LogP contribution in [-0.4, -0.2) is 24.1 Å². The molecule has 1 aromatic rings. The third kappa shape index (κ3) is 3.32. The number of nitrogens with one attached hydrogen (secondary N) is 1. The van der Waals surface area contributed by atoms with Gasteiger partial charge in [0.25, 0.3) is 0 Å². The highest BCUT2D eigenvalue weighted by Crippen LogP contribution is 2.08. The van der Waals surface area contributed by atoms with Gasteiger partial charge in [0.15, 0.2) is 0 Å². The topological polar surface area (TPSA) is 51.2 Å². The Morgan fingerprint density at radius 3 is 2.73 bits per heavy atom. The van der Waals surface area contributed by atoms with E-state index < -0.39 is 0 Å². The molecule has 0 saturated heterocycles. The zero-order chi connectivity index (χ0) is 11.3. The van der Waals surface area contributed by atoms with Crippen LogP contribution in [0.15, 0.2) is 24.4 Å². The molecule has 0 aliphatic rings. The Bertz CT molecular complexity index is 314. The van der Waals surface area contributed by atoms with Crippen LogP contribution in [0.3, 0.4) is 0 Å². The molecular weight excluding hydrogens is 192 g/mol. The van der Waals surface area contributed by atoms with Crippen LogP contribution in [0.1, 0.15) is 25.6 Å². The van der Waals surface area contributed by atoms with Crippen LogP contribution in [0.4, 0.5) is 0 Å². The Balaban J connectivity index is 2.56. The fourth-order valence-corrected chi connectivity index (χ4v) is 1.34. The Hall–Kier alpha value is -1.42. The number of ether oxygens (including phenoxy) is 1. The predicted molar refractivity (Wildman–Crippen MR) is 57.3 cm³/mol. The van der Waals surface area contributed by atoms with E-state index in [-0.39, 0.29) is 18.1 Å². The summed E-state index contributed by atoms with van der Waals surface area (Å²) in [6.07, 6.45) is 1.73. The quantitative estimate of drug-likeness (QED) is 0.758. The van der Waals surface area contributed by atoms with Crippen LogP contribution >= 0.6 is 0 Å². The molecule has 0 amide bonds. The first kappa shape index (κ1) is 11.7. The number of pyridine rings is 1. The molecule has 2 atom stereocenters. The zero-order valence-corrected chi connectivity index (χ0v) is 9.23. The van der Waals surface area contributed by atoms with Crippen molar-refractivity contribution < 1.29 is 9.53 Å². The second-order valence-electron chi connectivity index (χ2n) is 3.39. The van der Waals surface area contributed by atoms with Crippen molar-refractivity contribution in [3.05, 3.63) is 30.1 Å². The molecular formula is C11H16N2O2. The zero-order valence-electron chi connectivity index (χ0n) is 9.23. The molecule has 1 rings (SSSR count). The van der Waals surface area contributed by atoms with Gasteiger partial charge in [-0.2, -0.15) is 0 Å². The first-order valence-electron chi connectivity index (χ1n) is 4.90. The van der Waals surface area contributed by atoms with Crippen molar-refractivity contribution in [2.45, 2.75) is 25.9 Å². The number of aromatic nitrogens is 1. The highest BCUT2D eigenvalue weighted by molar-refractivity contribution is 5.75. The summed E-state index contributed by atoms with van der Waals surface area (Å²) in [4.78, 5) is 15.4. The summed E-state index contributed by atoms with van der Waals surface area (Å²) >= 11 is 0. The molecule has 0 bridgehead atoms. The van der Waals surface area contributed by atoms with E-state index in [9.17, 15) is 4.79 Å². The van der Waals surface area contributed by atoms with Crippen LogP contribution < -0.4 is 5.32 Å². The molecule has 0 saturated carbocycles. The van der Waals surface area contributed by atoms with Crippen LogP contribution in [0.2, 0.25) is 0 Å². The number of carbonyl (C=O) groups is 1. The van der Waals surface area contributed by atoms with Crippen molar-refractivity contribution in [1.29, 1.82) is 0 Å². The fourth-order valence-electron chi connectivity index (χ4n) is 1.34. The molecule has 4 nitrogen and oxygen atoms in total. The lowest BCUT2D eigenvalue weighted by Crippen LogP contribution is -2.36. The van der Waals surface area contributed by atoms with E-state index in [1.54, 1.807) is 13.1 Å². The molecule has 1 aromatic heterocycles. The first-order valence-corrected chi connectivity index (χ1v) is 4.90. The van der Waals surface area contributed by atoms with E-state index in [2.05, 4.69) is 15.0 Å². The van der Waals surface area contributed by atoms with Gasteiger partial charge in [0.1, 0.15) is 6.04 Å². The standard InChI is InChI=1S/C11H16N2O2/c1-8(10-6-4-5-7-12-10)13-9(2)11(14)15-3/h4-9,13H,1-3H3. The van der Waals surface area contributed by atoms with Crippen molar-refractivity contribution >= 4 is 5.97 Å². The van der Waals surface area contributed by atoms with E-state index in [0.29, 0.717) is 0 Å². The van der Waals surface area contributed by atoms with E-state index in [4.69, 9.17) is 0 Å². The van der Waals surface area contributed by atoms with E-state index in [1.165, 1.54) is 7.11 Å². The molecule has 4 heteroatoms. The summed E-state index contributed by atoms with van der Waals surface area (Å²) in [7, 11) is 1.38. The lowest BCUT2D eigenvalue weighted by molar-refractivity contribution is -0.142. The molecule has 0 aliphatic carbocycles. The molecule has 0 fully saturated rings. The van der Waals surface area contributed by atoms with Crippen molar-refractivity contribution in [3.63, 3.8) is 0 Å². The van der Waals surface area contributed by atoms with Gasteiger partial charge in [-0.05, 0) is 26.0 Å². The van der Waals surface area contributed by atoms with Gasteiger partial charge in [0.05, 0.1) is 12.8 Å². The minimum atomic E-state index is -0.327. The third-order valence-electron chi connectivity index (χ3n) is 2.19. The summed E-state index contributed by atoms with van der Waals surface area (Å²) in [5, 5.41) is 3.11. The lowest BCUT2D eigenvalue weighted by Gasteiger charge is -2.17. The van der Waals surface area contributed by atoms with Gasteiger partial charge >= 0.3 is 5.97 Å². The molecule has 82 valence electrons. The predicted octanol–water partition coefficient (Wildman–Crippen LogP) is 1.29. The van der Waals surface area contributed by atoms with Crippen molar-refractivity contribution in [1.82, 2.24) is 10.3 Å². The van der Waals surface area contributed by atoms with Crippen LogP contribution in [0, 0.1) is 0 Å². The summed E-state index contributed by atoms with van der Waals surface area (Å²) in [5.74, 6) is -0.266. The van der Waals surface area contributed by atoms with Crippen LogP contribution in [0.25, 0.3) is 0 Å². The third-order valence-corrected chi connectivity index (χ3v) is 2.19. The van der Waals surface area contributed by atoms with E-state index in [1.807, 2.05) is 25.1 Å². The van der Waals surface area contributed by atoms with Crippen LogP contribution in [-0.2, 0) is 9.53 Å². The molecule has 15 heavy (non-hydrogen) atoms. The van der Waals surface area contributed by atoms with Crippen molar-refractivity contribution in [2.24, 2.45) is 0 Å². The highest BCUT2D eigenvalue weighted by Gasteiger charge is 2.16. The van der Waals surface area contributed by atoms with Gasteiger partial charge in [-0.1, -0.05) is 6.07 Å². The van der Waals surface area contributed by atoms with Gasteiger partial charge in [0.2, 0.25) is 0 Å². The molecule has 0 radical (unpaired) electrons. The number of hydrogen-bond acceptors (Lipinski definition) is 4. The number of hydrogen-bond donors (Lipinski definition) is 1. The van der Waals surface area contributed by atoms with Crippen molar-refractivity contribution in [2.75, 3.05) is 7.11 Å². The summed E-state index contributed by atoms with van der Waals surface area (Å²) < 4.78 is 4.63. The number of methoxy groups -OCH3 is 1. The molecule has 1 N–H and O–H groups in total. The van der Waals surface area contributed by atoms with Gasteiger partial charge in [0, 0.05) is 12.2 Å². The molecule has 0 spiro atoms. The summed E-state index contributed by atoms with van der Waals surface area (Å²) in [6.45, 7) is 3.73. The number of nitrogens with zero attached hydrogens (tertiary/aromatic N) is 1. The molecule has 1 heterocycles. The first-order chi connectivity index (χ1) is 7.15. The SMILES string of the molecule is COC(=O)C(C)NC(C)c1ccccn1. The maximum Gasteiger partial charge on any atom is 0.322 e. The van der Waals surface area contributed by atoms with E-state index >= 15 is 0 Å². The second kappa shape index (κ2) is 5.46. The number of esters is 1. The average Bonchev–Trinajstić information content (AvgIpc) is 2.29.